The van der Waals surface area contributed by atoms with Crippen molar-refractivity contribution in [1.82, 2.24) is 10.2 Å². The summed E-state index contributed by atoms with van der Waals surface area (Å²) in [6.45, 7) is 5.94. The first kappa shape index (κ1) is 17.6. The van der Waals surface area contributed by atoms with Crippen molar-refractivity contribution in [1.29, 1.82) is 0 Å². The summed E-state index contributed by atoms with van der Waals surface area (Å²) in [7, 11) is 4.06. The summed E-state index contributed by atoms with van der Waals surface area (Å²) < 4.78 is 0. The molecule has 0 rings (SSSR count). The molecule has 0 aromatic heterocycles. The molecule has 0 saturated heterocycles. The van der Waals surface area contributed by atoms with Gasteiger partial charge < -0.3 is 16.0 Å². The van der Waals surface area contributed by atoms with E-state index < -0.39 is 0 Å². The first-order chi connectivity index (χ1) is 8.84. The van der Waals surface area contributed by atoms with Gasteiger partial charge in [-0.2, -0.15) is 0 Å². The molecular formula is C14H27N3O2. The normalized spacial score (nSPS) is 12.2. The Kier molecular flexibility index (Phi) is 8.87. The Bertz CT molecular complexity index is 314. The Labute approximate surface area is 116 Å². The highest BCUT2D eigenvalue weighted by Crippen LogP contribution is 2.11. The summed E-state index contributed by atoms with van der Waals surface area (Å²) in [5, 5.41) is 2.82. The third-order valence-corrected chi connectivity index (χ3v) is 3.08. The van der Waals surface area contributed by atoms with Crippen LogP contribution in [-0.2, 0) is 9.59 Å². The SMILES string of the molecule is C=C(C)C(=O)NCCCC(CCCC(N)=O)N(C)C. The molecule has 0 heterocycles. The van der Waals surface area contributed by atoms with Gasteiger partial charge in [-0.1, -0.05) is 6.58 Å². The van der Waals surface area contributed by atoms with Crippen LogP contribution < -0.4 is 11.1 Å². The summed E-state index contributed by atoms with van der Waals surface area (Å²) in [5.41, 5.74) is 5.66. The van der Waals surface area contributed by atoms with Gasteiger partial charge in [-0.25, -0.2) is 0 Å². The Morgan fingerprint density at radius 1 is 1.26 bits per heavy atom. The van der Waals surface area contributed by atoms with Crippen molar-refractivity contribution in [3.05, 3.63) is 12.2 Å². The Balaban J connectivity index is 3.85. The van der Waals surface area contributed by atoms with Gasteiger partial charge in [0.25, 0.3) is 0 Å². The number of amides is 2. The second kappa shape index (κ2) is 9.55. The molecule has 3 N–H and O–H groups in total. The third-order valence-electron chi connectivity index (χ3n) is 3.08. The van der Waals surface area contributed by atoms with E-state index in [2.05, 4.69) is 16.8 Å². The van der Waals surface area contributed by atoms with Gasteiger partial charge in [0.2, 0.25) is 11.8 Å². The number of nitrogens with one attached hydrogen (secondary N) is 1. The highest BCUT2D eigenvalue weighted by molar-refractivity contribution is 5.91. The summed E-state index contributed by atoms with van der Waals surface area (Å²) in [5.74, 6) is -0.332. The van der Waals surface area contributed by atoms with Crippen molar-refractivity contribution in [2.75, 3.05) is 20.6 Å². The quantitative estimate of drug-likeness (QED) is 0.460. The Hall–Kier alpha value is -1.36. The van der Waals surface area contributed by atoms with Gasteiger partial charge in [0.05, 0.1) is 0 Å². The lowest BCUT2D eigenvalue weighted by Crippen LogP contribution is -2.30. The van der Waals surface area contributed by atoms with E-state index in [-0.39, 0.29) is 11.8 Å². The molecule has 0 fully saturated rings. The topological polar surface area (TPSA) is 75.4 Å². The minimum atomic E-state index is -0.244. The molecule has 0 saturated carbocycles. The predicted octanol–water partition coefficient (Wildman–Crippen LogP) is 1.04. The van der Waals surface area contributed by atoms with Crippen molar-refractivity contribution in [3.8, 4) is 0 Å². The summed E-state index contributed by atoms with van der Waals surface area (Å²) in [6.07, 6.45) is 4.11. The molecule has 5 nitrogen and oxygen atoms in total. The van der Waals surface area contributed by atoms with Crippen molar-refractivity contribution < 1.29 is 9.59 Å². The smallest absolute Gasteiger partial charge is 0.246 e. The second-order valence-corrected chi connectivity index (χ2v) is 5.15. The maximum atomic E-state index is 11.3. The monoisotopic (exact) mass is 269 g/mol. The number of hydrogen-bond acceptors (Lipinski definition) is 3. The largest absolute Gasteiger partial charge is 0.370 e. The fourth-order valence-electron chi connectivity index (χ4n) is 1.86. The molecule has 5 heteroatoms. The maximum absolute atomic E-state index is 11.3. The van der Waals surface area contributed by atoms with Gasteiger partial charge in [-0.05, 0) is 46.7 Å². The van der Waals surface area contributed by atoms with E-state index in [1.165, 1.54) is 0 Å². The number of carbonyl (C=O) groups is 2. The van der Waals surface area contributed by atoms with Gasteiger partial charge in [0.15, 0.2) is 0 Å². The van der Waals surface area contributed by atoms with Crippen molar-refractivity contribution in [3.63, 3.8) is 0 Å². The molecule has 0 aliphatic rings. The Morgan fingerprint density at radius 2 is 1.84 bits per heavy atom. The number of nitrogens with two attached hydrogens (primary N) is 1. The van der Waals surface area contributed by atoms with E-state index in [0.717, 1.165) is 25.7 Å². The first-order valence-electron chi connectivity index (χ1n) is 6.73. The van der Waals surface area contributed by atoms with Crippen LogP contribution in [0.2, 0.25) is 0 Å². The molecule has 1 atom stereocenters. The Morgan fingerprint density at radius 3 is 2.32 bits per heavy atom. The molecule has 0 radical (unpaired) electrons. The fourth-order valence-corrected chi connectivity index (χ4v) is 1.86. The van der Waals surface area contributed by atoms with Crippen LogP contribution in [0.3, 0.4) is 0 Å². The van der Waals surface area contributed by atoms with Crippen molar-refractivity contribution in [2.24, 2.45) is 5.73 Å². The molecule has 0 aromatic rings. The predicted molar refractivity (Wildman–Crippen MR) is 77.6 cm³/mol. The zero-order valence-corrected chi connectivity index (χ0v) is 12.4. The number of rotatable bonds is 10. The van der Waals surface area contributed by atoms with Crippen LogP contribution >= 0.6 is 0 Å². The minimum Gasteiger partial charge on any atom is -0.370 e. The third kappa shape index (κ3) is 9.25. The molecule has 0 aliphatic carbocycles. The van der Waals surface area contributed by atoms with Crippen LogP contribution in [0.1, 0.15) is 39.0 Å². The van der Waals surface area contributed by atoms with Crippen LogP contribution in [-0.4, -0.2) is 43.4 Å². The first-order valence-corrected chi connectivity index (χ1v) is 6.73. The molecule has 0 aromatic carbocycles. The number of carbonyl (C=O) groups excluding carboxylic acids is 2. The highest BCUT2D eigenvalue weighted by Gasteiger charge is 2.11. The van der Waals surface area contributed by atoms with Gasteiger partial charge in [0, 0.05) is 24.6 Å². The van der Waals surface area contributed by atoms with Crippen molar-refractivity contribution >= 4 is 11.8 Å². The van der Waals surface area contributed by atoms with E-state index in [9.17, 15) is 9.59 Å². The van der Waals surface area contributed by atoms with Gasteiger partial charge in [-0.3, -0.25) is 9.59 Å². The molecule has 2 amide bonds. The number of hydrogen-bond donors (Lipinski definition) is 2. The van der Waals surface area contributed by atoms with Crippen LogP contribution in [0, 0.1) is 0 Å². The van der Waals surface area contributed by atoms with Crippen molar-refractivity contribution in [2.45, 2.75) is 45.1 Å². The average Bonchev–Trinajstić information content (AvgIpc) is 2.30. The van der Waals surface area contributed by atoms with E-state index in [0.29, 0.717) is 24.6 Å². The zero-order chi connectivity index (χ0) is 14.8. The summed E-state index contributed by atoms with van der Waals surface area (Å²) in [6, 6.07) is 0.418. The standard InChI is InChI=1S/C14H27N3O2/c1-11(2)14(19)16-10-6-8-12(17(3)4)7-5-9-13(15)18/h12H,1,5-10H2,2-4H3,(H2,15,18)(H,16,19). The molecule has 1 unspecified atom stereocenters. The lowest BCUT2D eigenvalue weighted by Gasteiger charge is -2.24. The van der Waals surface area contributed by atoms with Crippen LogP contribution in [0.15, 0.2) is 12.2 Å². The lowest BCUT2D eigenvalue weighted by molar-refractivity contribution is -0.118. The second-order valence-electron chi connectivity index (χ2n) is 5.15. The summed E-state index contributed by atoms with van der Waals surface area (Å²) >= 11 is 0. The van der Waals surface area contributed by atoms with Gasteiger partial charge >= 0.3 is 0 Å². The van der Waals surface area contributed by atoms with Crippen LogP contribution in [0.5, 0.6) is 0 Å². The van der Waals surface area contributed by atoms with E-state index in [4.69, 9.17) is 5.73 Å². The zero-order valence-electron chi connectivity index (χ0n) is 12.4. The molecule has 110 valence electrons. The maximum Gasteiger partial charge on any atom is 0.246 e. The molecule has 0 aliphatic heterocycles. The fraction of sp³-hybridized carbons (Fsp3) is 0.714. The lowest BCUT2D eigenvalue weighted by atomic mass is 10.0. The van der Waals surface area contributed by atoms with E-state index in [1.54, 1.807) is 6.92 Å². The average molecular weight is 269 g/mol. The molecule has 0 spiro atoms. The number of nitrogens with zero attached hydrogens (tertiary/aromatic N) is 1. The highest BCUT2D eigenvalue weighted by atomic mass is 16.2. The van der Waals surface area contributed by atoms with Gasteiger partial charge in [-0.15, -0.1) is 0 Å². The number of primary amides is 1. The van der Waals surface area contributed by atoms with E-state index in [1.807, 2.05) is 14.1 Å². The van der Waals surface area contributed by atoms with E-state index >= 15 is 0 Å². The molecule has 19 heavy (non-hydrogen) atoms. The minimum absolute atomic E-state index is 0.0878. The van der Waals surface area contributed by atoms with Crippen LogP contribution in [0.4, 0.5) is 0 Å². The molecular weight excluding hydrogens is 242 g/mol. The summed E-state index contributed by atoms with van der Waals surface area (Å²) in [4.78, 5) is 24.2. The van der Waals surface area contributed by atoms with Gasteiger partial charge in [0.1, 0.15) is 0 Å². The van der Waals surface area contributed by atoms with Crippen LogP contribution in [0.25, 0.3) is 0 Å². The molecule has 0 bridgehead atoms.